The summed E-state index contributed by atoms with van der Waals surface area (Å²) in [5.41, 5.74) is 2.63. The third-order valence-electron chi connectivity index (χ3n) is 4.43. The van der Waals surface area contributed by atoms with Crippen LogP contribution in [0.15, 0.2) is 82.3 Å². The summed E-state index contributed by atoms with van der Waals surface area (Å²) in [6, 6.07) is 17.9. The van der Waals surface area contributed by atoms with E-state index in [1.54, 1.807) is 24.5 Å². The Balaban J connectivity index is 1.69. The van der Waals surface area contributed by atoms with Gasteiger partial charge in [-0.15, -0.1) is 0 Å². The van der Waals surface area contributed by atoms with Crippen LogP contribution in [0.25, 0.3) is 11.0 Å². The van der Waals surface area contributed by atoms with Crippen molar-refractivity contribution < 1.29 is 9.52 Å². The SMILES string of the molecule is O=c1cc(CN(Cc2ccccn2)Cc2ccccn2)c2ccc(O)cc2o1. The molecule has 0 aliphatic rings. The van der Waals surface area contributed by atoms with Crippen molar-refractivity contribution >= 4 is 11.0 Å². The Morgan fingerprint density at radius 1 is 0.857 bits per heavy atom. The van der Waals surface area contributed by atoms with Gasteiger partial charge in [-0.25, -0.2) is 4.79 Å². The standard InChI is InChI=1S/C22H19N3O3/c26-19-7-8-20-16(11-22(27)28-21(20)12-19)13-25(14-17-5-1-3-9-23-17)15-18-6-2-4-10-24-18/h1-12,26H,13-15H2. The van der Waals surface area contributed by atoms with E-state index in [1.165, 1.54) is 12.1 Å². The molecular formula is C22H19N3O3. The van der Waals surface area contributed by atoms with Gasteiger partial charge >= 0.3 is 5.63 Å². The summed E-state index contributed by atoms with van der Waals surface area (Å²) in [6.45, 7) is 1.73. The summed E-state index contributed by atoms with van der Waals surface area (Å²) in [5, 5.41) is 10.5. The fraction of sp³-hybridized carbons (Fsp3) is 0.136. The highest BCUT2D eigenvalue weighted by Gasteiger charge is 2.14. The van der Waals surface area contributed by atoms with Crippen molar-refractivity contribution in [1.29, 1.82) is 0 Å². The molecule has 6 heteroatoms. The van der Waals surface area contributed by atoms with E-state index in [-0.39, 0.29) is 5.75 Å². The predicted molar refractivity (Wildman–Crippen MR) is 106 cm³/mol. The van der Waals surface area contributed by atoms with Crippen LogP contribution in [-0.4, -0.2) is 20.0 Å². The van der Waals surface area contributed by atoms with Crippen LogP contribution in [0.1, 0.15) is 17.0 Å². The molecule has 3 heterocycles. The quantitative estimate of drug-likeness (QED) is 0.521. The minimum atomic E-state index is -0.441. The van der Waals surface area contributed by atoms with Crippen molar-refractivity contribution in [3.8, 4) is 5.75 Å². The molecule has 0 aliphatic carbocycles. The van der Waals surface area contributed by atoms with Crippen LogP contribution in [0.2, 0.25) is 0 Å². The molecule has 140 valence electrons. The first-order valence-electron chi connectivity index (χ1n) is 8.95. The first kappa shape index (κ1) is 17.9. The van der Waals surface area contributed by atoms with Gasteiger partial charge in [-0.2, -0.15) is 0 Å². The number of aromatic hydroxyl groups is 1. The molecule has 28 heavy (non-hydrogen) atoms. The van der Waals surface area contributed by atoms with E-state index in [0.717, 1.165) is 22.3 Å². The highest BCUT2D eigenvalue weighted by Crippen LogP contribution is 2.23. The molecule has 4 aromatic rings. The van der Waals surface area contributed by atoms with Crippen LogP contribution >= 0.6 is 0 Å². The van der Waals surface area contributed by atoms with Crippen molar-refractivity contribution in [2.45, 2.75) is 19.6 Å². The zero-order valence-corrected chi connectivity index (χ0v) is 15.2. The van der Waals surface area contributed by atoms with E-state index < -0.39 is 5.63 Å². The lowest BCUT2D eigenvalue weighted by molar-refractivity contribution is 0.242. The molecule has 6 nitrogen and oxygen atoms in total. The molecular weight excluding hydrogens is 354 g/mol. The lowest BCUT2D eigenvalue weighted by atomic mass is 10.1. The molecule has 0 spiro atoms. The van der Waals surface area contributed by atoms with Gasteiger partial charge in [-0.3, -0.25) is 14.9 Å². The van der Waals surface area contributed by atoms with E-state index in [9.17, 15) is 9.90 Å². The van der Waals surface area contributed by atoms with Crippen LogP contribution in [0.4, 0.5) is 0 Å². The second-order valence-corrected chi connectivity index (χ2v) is 6.56. The maximum atomic E-state index is 12.0. The smallest absolute Gasteiger partial charge is 0.336 e. The normalized spacial score (nSPS) is 11.2. The minimum absolute atomic E-state index is 0.0617. The van der Waals surface area contributed by atoms with Crippen LogP contribution < -0.4 is 5.63 Å². The van der Waals surface area contributed by atoms with E-state index in [4.69, 9.17) is 4.42 Å². The van der Waals surface area contributed by atoms with Crippen molar-refractivity contribution in [2.75, 3.05) is 0 Å². The Morgan fingerprint density at radius 3 is 2.14 bits per heavy atom. The number of pyridine rings is 2. The number of hydrogen-bond donors (Lipinski definition) is 1. The molecule has 0 radical (unpaired) electrons. The van der Waals surface area contributed by atoms with Gasteiger partial charge in [-0.05, 0) is 42.0 Å². The molecule has 4 rings (SSSR count). The highest BCUT2D eigenvalue weighted by atomic mass is 16.4. The number of aromatic nitrogens is 2. The van der Waals surface area contributed by atoms with E-state index in [1.807, 2.05) is 36.4 Å². The largest absolute Gasteiger partial charge is 0.508 e. The van der Waals surface area contributed by atoms with Crippen LogP contribution in [0.3, 0.4) is 0 Å². The number of rotatable bonds is 6. The Morgan fingerprint density at radius 2 is 1.54 bits per heavy atom. The molecule has 1 aromatic carbocycles. The summed E-state index contributed by atoms with van der Waals surface area (Å²) in [7, 11) is 0. The van der Waals surface area contributed by atoms with Crippen LogP contribution in [-0.2, 0) is 19.6 Å². The monoisotopic (exact) mass is 373 g/mol. The van der Waals surface area contributed by atoms with Crippen LogP contribution in [0, 0.1) is 0 Å². The molecule has 0 unspecified atom stereocenters. The number of hydrogen-bond acceptors (Lipinski definition) is 6. The van der Waals surface area contributed by atoms with Crippen molar-refractivity contribution in [3.63, 3.8) is 0 Å². The topological polar surface area (TPSA) is 79.5 Å². The second-order valence-electron chi connectivity index (χ2n) is 6.56. The average Bonchev–Trinajstić information content (AvgIpc) is 2.69. The van der Waals surface area contributed by atoms with Crippen molar-refractivity contribution in [1.82, 2.24) is 14.9 Å². The summed E-state index contributed by atoms with van der Waals surface area (Å²) in [5.74, 6) is 0.0617. The fourth-order valence-electron chi connectivity index (χ4n) is 3.20. The number of nitrogens with zero attached hydrogens (tertiary/aromatic N) is 3. The average molecular weight is 373 g/mol. The Hall–Kier alpha value is -3.51. The zero-order valence-electron chi connectivity index (χ0n) is 15.2. The number of fused-ring (bicyclic) bond motifs is 1. The fourth-order valence-corrected chi connectivity index (χ4v) is 3.20. The van der Waals surface area contributed by atoms with Crippen LogP contribution in [0.5, 0.6) is 5.75 Å². The maximum absolute atomic E-state index is 12.0. The minimum Gasteiger partial charge on any atom is -0.508 e. The third-order valence-corrected chi connectivity index (χ3v) is 4.43. The van der Waals surface area contributed by atoms with Gasteiger partial charge in [0.2, 0.25) is 0 Å². The first-order chi connectivity index (χ1) is 13.7. The lowest BCUT2D eigenvalue weighted by Crippen LogP contribution is -2.24. The predicted octanol–water partition coefficient (Wildman–Crippen LogP) is 3.49. The van der Waals surface area contributed by atoms with E-state index >= 15 is 0 Å². The molecule has 0 bridgehead atoms. The molecule has 0 aliphatic heterocycles. The zero-order chi connectivity index (χ0) is 19.3. The van der Waals surface area contributed by atoms with Crippen molar-refractivity contribution in [3.05, 3.63) is 100 Å². The summed E-state index contributed by atoms with van der Waals surface area (Å²) < 4.78 is 5.24. The third kappa shape index (κ3) is 4.24. The molecule has 0 amide bonds. The summed E-state index contributed by atoms with van der Waals surface area (Å²) in [6.07, 6.45) is 3.53. The van der Waals surface area contributed by atoms with Crippen molar-refractivity contribution in [2.24, 2.45) is 0 Å². The molecule has 0 saturated heterocycles. The molecule has 0 fully saturated rings. The second kappa shape index (κ2) is 8.02. The number of phenols is 1. The highest BCUT2D eigenvalue weighted by molar-refractivity contribution is 5.81. The van der Waals surface area contributed by atoms with Gasteiger partial charge in [-0.1, -0.05) is 12.1 Å². The van der Waals surface area contributed by atoms with Gasteiger partial charge in [0.25, 0.3) is 0 Å². The molecule has 0 saturated carbocycles. The van der Waals surface area contributed by atoms with Gasteiger partial charge in [0.1, 0.15) is 11.3 Å². The Kier molecular flexibility index (Phi) is 5.12. The van der Waals surface area contributed by atoms with E-state index in [0.29, 0.717) is 25.2 Å². The molecule has 1 N–H and O–H groups in total. The van der Waals surface area contributed by atoms with Gasteiger partial charge in [0, 0.05) is 49.5 Å². The first-order valence-corrected chi connectivity index (χ1v) is 8.95. The Bertz CT molecular complexity index is 1090. The van der Waals surface area contributed by atoms with Gasteiger partial charge < -0.3 is 9.52 Å². The molecule has 3 aromatic heterocycles. The summed E-state index contributed by atoms with van der Waals surface area (Å²) >= 11 is 0. The summed E-state index contributed by atoms with van der Waals surface area (Å²) in [4.78, 5) is 23.0. The molecule has 0 atom stereocenters. The Labute approximate surface area is 161 Å². The van der Waals surface area contributed by atoms with Gasteiger partial charge in [0.05, 0.1) is 11.4 Å². The van der Waals surface area contributed by atoms with E-state index in [2.05, 4.69) is 14.9 Å². The van der Waals surface area contributed by atoms with Gasteiger partial charge in [0.15, 0.2) is 0 Å². The maximum Gasteiger partial charge on any atom is 0.336 e. The lowest BCUT2D eigenvalue weighted by Gasteiger charge is -2.22. The number of benzene rings is 1. The number of phenolic OH excluding ortho intramolecular Hbond substituents is 1.